The van der Waals surface area contributed by atoms with Crippen LogP contribution in [0.3, 0.4) is 0 Å². The maximum Gasteiger partial charge on any atom is 0.308 e. The zero-order valence-electron chi connectivity index (χ0n) is 8.87. The van der Waals surface area contributed by atoms with Crippen LogP contribution in [0.4, 0.5) is 0 Å². The molecular formula is C9H9ClN4O2S. The van der Waals surface area contributed by atoms with Crippen molar-refractivity contribution in [3.63, 3.8) is 0 Å². The number of hydrogen-bond donors (Lipinski definition) is 1. The molecule has 2 heterocycles. The van der Waals surface area contributed by atoms with Crippen molar-refractivity contribution in [2.75, 3.05) is 0 Å². The van der Waals surface area contributed by atoms with Gasteiger partial charge in [-0.05, 0) is 22.6 Å². The van der Waals surface area contributed by atoms with Gasteiger partial charge in [-0.15, -0.1) is 16.4 Å². The maximum atomic E-state index is 10.8. The third-order valence-electron chi connectivity index (χ3n) is 2.19. The molecule has 0 aliphatic heterocycles. The quantitative estimate of drug-likeness (QED) is 0.917. The Morgan fingerprint density at radius 1 is 1.65 bits per heavy atom. The van der Waals surface area contributed by atoms with Gasteiger partial charge in [0, 0.05) is 0 Å². The molecule has 0 aliphatic rings. The van der Waals surface area contributed by atoms with E-state index in [1.54, 1.807) is 19.1 Å². The number of aromatic nitrogens is 4. The van der Waals surface area contributed by atoms with Crippen molar-refractivity contribution >= 4 is 28.9 Å². The van der Waals surface area contributed by atoms with E-state index in [0.29, 0.717) is 10.2 Å². The molecular weight excluding hydrogens is 264 g/mol. The third-order valence-corrected chi connectivity index (χ3v) is 3.42. The van der Waals surface area contributed by atoms with Gasteiger partial charge in [0.15, 0.2) is 5.82 Å². The van der Waals surface area contributed by atoms with E-state index in [1.807, 2.05) is 0 Å². The molecule has 0 aromatic carbocycles. The Labute approximate surface area is 106 Å². The average Bonchev–Trinajstić information content (AvgIpc) is 2.86. The van der Waals surface area contributed by atoms with Crippen LogP contribution in [0.5, 0.6) is 0 Å². The van der Waals surface area contributed by atoms with E-state index in [9.17, 15) is 4.79 Å². The van der Waals surface area contributed by atoms with Crippen LogP contribution in [-0.4, -0.2) is 31.3 Å². The summed E-state index contributed by atoms with van der Waals surface area (Å²) in [5.74, 6) is -0.890. The predicted molar refractivity (Wildman–Crippen MR) is 62.9 cm³/mol. The summed E-state index contributed by atoms with van der Waals surface area (Å²) < 4.78 is 2.11. The van der Waals surface area contributed by atoms with Crippen LogP contribution in [0, 0.1) is 5.92 Å². The molecule has 1 N–H and O–H groups in total. The largest absolute Gasteiger partial charge is 0.481 e. The van der Waals surface area contributed by atoms with Crippen LogP contribution in [0.15, 0.2) is 12.1 Å². The second-order valence-corrected chi connectivity index (χ2v) is 5.24. The summed E-state index contributed by atoms with van der Waals surface area (Å²) in [5, 5.41) is 20.1. The molecule has 90 valence electrons. The van der Waals surface area contributed by atoms with E-state index < -0.39 is 11.9 Å². The lowest BCUT2D eigenvalue weighted by molar-refractivity contribution is -0.141. The highest BCUT2D eigenvalue weighted by molar-refractivity contribution is 7.19. The van der Waals surface area contributed by atoms with Crippen molar-refractivity contribution in [1.82, 2.24) is 20.2 Å². The fraction of sp³-hybridized carbons (Fsp3) is 0.333. The van der Waals surface area contributed by atoms with Crippen LogP contribution in [0.25, 0.3) is 10.7 Å². The van der Waals surface area contributed by atoms with Gasteiger partial charge >= 0.3 is 5.97 Å². The molecule has 0 saturated heterocycles. The molecule has 2 aromatic rings. The van der Waals surface area contributed by atoms with Crippen molar-refractivity contribution in [3.8, 4) is 10.7 Å². The van der Waals surface area contributed by atoms with E-state index in [1.165, 1.54) is 16.0 Å². The topological polar surface area (TPSA) is 80.9 Å². The van der Waals surface area contributed by atoms with Crippen LogP contribution in [0.2, 0.25) is 4.34 Å². The fourth-order valence-electron chi connectivity index (χ4n) is 1.28. The molecule has 0 bridgehead atoms. The molecule has 2 aromatic heterocycles. The number of carboxylic acid groups (broad SMARTS) is 1. The molecule has 2 rings (SSSR count). The predicted octanol–water partition coefficient (Wildman–Crippen LogP) is 1.78. The van der Waals surface area contributed by atoms with E-state index >= 15 is 0 Å². The van der Waals surface area contributed by atoms with Gasteiger partial charge in [-0.25, -0.2) is 4.68 Å². The number of carbonyl (C=O) groups is 1. The summed E-state index contributed by atoms with van der Waals surface area (Å²) in [5.41, 5.74) is 0. The van der Waals surface area contributed by atoms with E-state index in [0.717, 1.165) is 4.88 Å². The molecule has 8 heteroatoms. The lowest BCUT2D eigenvalue weighted by Gasteiger charge is -2.06. The van der Waals surface area contributed by atoms with Crippen molar-refractivity contribution in [2.24, 2.45) is 5.92 Å². The number of aliphatic carboxylic acids is 1. The standard InChI is InChI=1S/C9H9ClN4O2S/c1-5(9(15)16)4-14-8(11-12-13-14)6-2-3-7(10)17-6/h2-3,5H,4H2,1H3,(H,15,16). The lowest BCUT2D eigenvalue weighted by atomic mass is 10.2. The number of tetrazole rings is 1. The summed E-state index contributed by atoms with van der Waals surface area (Å²) in [6.07, 6.45) is 0. The van der Waals surface area contributed by atoms with Gasteiger partial charge in [0.05, 0.1) is 21.7 Å². The molecule has 1 unspecified atom stereocenters. The van der Waals surface area contributed by atoms with Crippen molar-refractivity contribution in [2.45, 2.75) is 13.5 Å². The Bertz CT molecular complexity index is 539. The summed E-state index contributed by atoms with van der Waals surface area (Å²) >= 11 is 7.18. The smallest absolute Gasteiger partial charge is 0.308 e. The SMILES string of the molecule is CC(Cn1nnnc1-c1ccc(Cl)s1)C(=O)O. The second-order valence-electron chi connectivity index (χ2n) is 3.53. The van der Waals surface area contributed by atoms with E-state index in [4.69, 9.17) is 16.7 Å². The number of halogens is 1. The minimum atomic E-state index is -0.879. The van der Waals surface area contributed by atoms with Gasteiger partial charge in [-0.1, -0.05) is 18.5 Å². The Balaban J connectivity index is 2.26. The number of rotatable bonds is 4. The summed E-state index contributed by atoms with van der Waals surface area (Å²) in [4.78, 5) is 11.6. The summed E-state index contributed by atoms with van der Waals surface area (Å²) in [6, 6.07) is 3.56. The summed E-state index contributed by atoms with van der Waals surface area (Å²) in [7, 11) is 0. The third kappa shape index (κ3) is 2.62. The first-order chi connectivity index (χ1) is 8.08. The van der Waals surface area contributed by atoms with Gasteiger partial charge in [0.2, 0.25) is 0 Å². The van der Waals surface area contributed by atoms with Crippen LogP contribution < -0.4 is 0 Å². The normalized spacial score (nSPS) is 12.6. The minimum absolute atomic E-state index is 0.229. The van der Waals surface area contributed by atoms with Gasteiger partial charge in [0.25, 0.3) is 0 Å². The van der Waals surface area contributed by atoms with Crippen LogP contribution >= 0.6 is 22.9 Å². The molecule has 6 nitrogen and oxygen atoms in total. The number of nitrogens with zero attached hydrogens (tertiary/aromatic N) is 4. The molecule has 0 spiro atoms. The van der Waals surface area contributed by atoms with Crippen molar-refractivity contribution in [3.05, 3.63) is 16.5 Å². The average molecular weight is 273 g/mol. The highest BCUT2D eigenvalue weighted by Crippen LogP contribution is 2.29. The van der Waals surface area contributed by atoms with Gasteiger partial charge in [0.1, 0.15) is 0 Å². The monoisotopic (exact) mass is 272 g/mol. The Kier molecular flexibility index (Phi) is 3.39. The van der Waals surface area contributed by atoms with Gasteiger partial charge in [-0.3, -0.25) is 4.79 Å². The zero-order valence-corrected chi connectivity index (χ0v) is 10.4. The maximum absolute atomic E-state index is 10.8. The first kappa shape index (κ1) is 12.0. The fourth-order valence-corrected chi connectivity index (χ4v) is 2.31. The first-order valence-electron chi connectivity index (χ1n) is 4.82. The molecule has 17 heavy (non-hydrogen) atoms. The highest BCUT2D eigenvalue weighted by atomic mass is 35.5. The van der Waals surface area contributed by atoms with E-state index in [-0.39, 0.29) is 6.54 Å². The van der Waals surface area contributed by atoms with Crippen molar-refractivity contribution < 1.29 is 9.90 Å². The molecule has 1 atom stereocenters. The summed E-state index contributed by atoms with van der Waals surface area (Å²) in [6.45, 7) is 1.84. The zero-order chi connectivity index (χ0) is 12.4. The van der Waals surface area contributed by atoms with E-state index in [2.05, 4.69) is 15.5 Å². The highest BCUT2D eigenvalue weighted by Gasteiger charge is 2.17. The van der Waals surface area contributed by atoms with Crippen LogP contribution in [0.1, 0.15) is 6.92 Å². The first-order valence-corrected chi connectivity index (χ1v) is 6.02. The van der Waals surface area contributed by atoms with Gasteiger partial charge in [-0.2, -0.15) is 0 Å². The van der Waals surface area contributed by atoms with Crippen LogP contribution in [-0.2, 0) is 11.3 Å². The number of thiophene rings is 1. The molecule has 0 aliphatic carbocycles. The van der Waals surface area contributed by atoms with Gasteiger partial charge < -0.3 is 5.11 Å². The minimum Gasteiger partial charge on any atom is -0.481 e. The van der Waals surface area contributed by atoms with Crippen molar-refractivity contribution in [1.29, 1.82) is 0 Å². The molecule has 0 saturated carbocycles. The number of carboxylic acids is 1. The molecule has 0 fully saturated rings. The molecule has 0 radical (unpaired) electrons. The Morgan fingerprint density at radius 3 is 3.00 bits per heavy atom. The Hall–Kier alpha value is -1.47. The Morgan fingerprint density at radius 2 is 2.41 bits per heavy atom. The number of hydrogen-bond acceptors (Lipinski definition) is 5. The lowest BCUT2D eigenvalue weighted by Crippen LogP contribution is -2.18. The molecule has 0 amide bonds. The second kappa shape index (κ2) is 4.80.